The van der Waals surface area contributed by atoms with E-state index in [0.717, 1.165) is 9.64 Å². The minimum absolute atomic E-state index is 0.0400. The average Bonchev–Trinajstić information content (AvgIpc) is 2.45. The van der Waals surface area contributed by atoms with Gasteiger partial charge in [-0.15, -0.1) is 0 Å². The number of hydrogen-bond acceptors (Lipinski definition) is 2. The molecule has 2 nitrogen and oxygen atoms in total. The molecule has 0 unspecified atom stereocenters. The molecule has 0 atom stereocenters. The van der Waals surface area contributed by atoms with Crippen molar-refractivity contribution in [2.45, 2.75) is 6.18 Å². The second-order valence-electron chi connectivity index (χ2n) is 4.22. The summed E-state index contributed by atoms with van der Waals surface area (Å²) in [4.78, 5) is 11.8. The summed E-state index contributed by atoms with van der Waals surface area (Å²) in [5.41, 5.74) is -0.505. The van der Waals surface area contributed by atoms with Crippen LogP contribution in [0.3, 0.4) is 0 Å². The summed E-state index contributed by atoms with van der Waals surface area (Å²) in [6.45, 7) is 0. The van der Waals surface area contributed by atoms with Crippen LogP contribution in [-0.2, 0) is 10.9 Å². The molecule has 0 saturated heterocycles. The Morgan fingerprint density at radius 2 is 1.76 bits per heavy atom. The third kappa shape index (κ3) is 3.37. The van der Waals surface area contributed by atoms with Crippen LogP contribution in [-0.4, -0.2) is 13.1 Å². The number of hydrogen-bond donors (Lipinski definition) is 0. The molecule has 0 spiro atoms. The Bertz CT molecular complexity index is 681. The SMILES string of the molecule is COC(=O)c1cc(I)ccc1-c1ccccc1C(F)(F)F. The van der Waals surface area contributed by atoms with Crippen molar-refractivity contribution in [1.82, 2.24) is 0 Å². The molecule has 0 N–H and O–H groups in total. The van der Waals surface area contributed by atoms with Crippen molar-refractivity contribution < 1.29 is 22.7 Å². The Labute approximate surface area is 133 Å². The molecule has 0 radical (unpaired) electrons. The third-order valence-electron chi connectivity index (χ3n) is 2.91. The third-order valence-corrected chi connectivity index (χ3v) is 3.58. The first-order valence-corrected chi connectivity index (χ1v) is 6.97. The largest absolute Gasteiger partial charge is 0.465 e. The number of methoxy groups -OCH3 is 1. The average molecular weight is 406 g/mol. The van der Waals surface area contributed by atoms with E-state index >= 15 is 0 Å². The van der Waals surface area contributed by atoms with E-state index in [0.29, 0.717) is 0 Å². The van der Waals surface area contributed by atoms with Crippen molar-refractivity contribution in [3.63, 3.8) is 0 Å². The molecule has 2 aromatic carbocycles. The summed E-state index contributed by atoms with van der Waals surface area (Å²) in [6, 6.07) is 9.81. The van der Waals surface area contributed by atoms with Gasteiger partial charge in [-0.2, -0.15) is 13.2 Å². The second kappa shape index (κ2) is 6.05. The van der Waals surface area contributed by atoms with Gasteiger partial charge < -0.3 is 4.74 Å². The first kappa shape index (κ1) is 15.8. The van der Waals surface area contributed by atoms with Gasteiger partial charge in [-0.05, 0) is 51.9 Å². The number of rotatable bonds is 2. The predicted octanol–water partition coefficient (Wildman–Crippen LogP) is 4.76. The molecule has 0 aliphatic carbocycles. The molecule has 21 heavy (non-hydrogen) atoms. The molecule has 0 amide bonds. The van der Waals surface area contributed by atoms with Gasteiger partial charge in [0.25, 0.3) is 0 Å². The van der Waals surface area contributed by atoms with Gasteiger partial charge in [0, 0.05) is 3.57 Å². The maximum Gasteiger partial charge on any atom is 0.417 e. The number of carbonyl (C=O) groups excluding carboxylic acids is 1. The van der Waals surface area contributed by atoms with E-state index in [9.17, 15) is 18.0 Å². The maximum atomic E-state index is 13.1. The van der Waals surface area contributed by atoms with Crippen LogP contribution >= 0.6 is 22.6 Å². The highest BCUT2D eigenvalue weighted by atomic mass is 127. The fourth-order valence-corrected chi connectivity index (χ4v) is 2.49. The van der Waals surface area contributed by atoms with Crippen LogP contribution in [0.25, 0.3) is 11.1 Å². The molecule has 0 bridgehead atoms. The predicted molar refractivity (Wildman–Crippen MR) is 80.9 cm³/mol. The molecule has 6 heteroatoms. The molecular formula is C15H10F3IO2. The lowest BCUT2D eigenvalue weighted by atomic mass is 9.95. The zero-order chi connectivity index (χ0) is 15.6. The first-order chi connectivity index (χ1) is 9.84. The molecule has 2 rings (SSSR count). The standard InChI is InChI=1S/C15H10F3IO2/c1-21-14(20)12-8-9(19)6-7-10(12)11-4-2-3-5-13(11)15(16,17)18/h2-8H,1H3. The van der Waals surface area contributed by atoms with Crippen molar-refractivity contribution in [3.05, 3.63) is 57.2 Å². The van der Waals surface area contributed by atoms with E-state index in [1.54, 1.807) is 6.07 Å². The Morgan fingerprint density at radius 1 is 1.10 bits per heavy atom. The minimum atomic E-state index is -4.49. The molecule has 0 aliphatic rings. The van der Waals surface area contributed by atoms with Gasteiger partial charge in [-0.1, -0.05) is 24.3 Å². The number of alkyl halides is 3. The van der Waals surface area contributed by atoms with Crippen LogP contribution < -0.4 is 0 Å². The Hall–Kier alpha value is -1.57. The number of halogens is 4. The van der Waals surface area contributed by atoms with Gasteiger partial charge >= 0.3 is 12.1 Å². The van der Waals surface area contributed by atoms with E-state index in [1.807, 2.05) is 22.6 Å². The summed E-state index contributed by atoms with van der Waals surface area (Å²) < 4.78 is 44.7. The van der Waals surface area contributed by atoms with Crippen molar-refractivity contribution >= 4 is 28.6 Å². The van der Waals surface area contributed by atoms with E-state index < -0.39 is 17.7 Å². The first-order valence-electron chi connectivity index (χ1n) is 5.89. The summed E-state index contributed by atoms with van der Waals surface area (Å²) >= 11 is 1.99. The lowest BCUT2D eigenvalue weighted by molar-refractivity contribution is -0.137. The highest BCUT2D eigenvalue weighted by Crippen LogP contribution is 2.38. The fourth-order valence-electron chi connectivity index (χ4n) is 2.00. The van der Waals surface area contributed by atoms with Crippen molar-refractivity contribution in [1.29, 1.82) is 0 Å². The van der Waals surface area contributed by atoms with E-state index in [2.05, 4.69) is 4.74 Å². The molecule has 2 aromatic rings. The van der Waals surface area contributed by atoms with Crippen molar-refractivity contribution in [2.24, 2.45) is 0 Å². The molecule has 0 aliphatic heterocycles. The molecular weight excluding hydrogens is 396 g/mol. The number of benzene rings is 2. The normalized spacial score (nSPS) is 11.3. The zero-order valence-corrected chi connectivity index (χ0v) is 13.0. The Kier molecular flexibility index (Phi) is 4.55. The van der Waals surface area contributed by atoms with Crippen molar-refractivity contribution in [3.8, 4) is 11.1 Å². The van der Waals surface area contributed by atoms with E-state index in [-0.39, 0.29) is 16.7 Å². The van der Waals surface area contributed by atoms with Crippen LogP contribution in [0.1, 0.15) is 15.9 Å². The number of esters is 1. The molecule has 0 heterocycles. The molecule has 110 valence electrons. The molecule has 0 saturated carbocycles. The number of ether oxygens (including phenoxy) is 1. The van der Waals surface area contributed by atoms with Gasteiger partial charge in [0.05, 0.1) is 18.2 Å². The van der Waals surface area contributed by atoms with Gasteiger partial charge in [0.15, 0.2) is 0 Å². The minimum Gasteiger partial charge on any atom is -0.465 e. The van der Waals surface area contributed by atoms with Crippen LogP contribution in [0, 0.1) is 3.57 Å². The van der Waals surface area contributed by atoms with E-state index in [4.69, 9.17) is 0 Å². The smallest absolute Gasteiger partial charge is 0.417 e. The Morgan fingerprint density at radius 3 is 2.38 bits per heavy atom. The van der Waals surface area contributed by atoms with Crippen LogP contribution in [0.2, 0.25) is 0 Å². The summed E-state index contributed by atoms with van der Waals surface area (Å²) in [5.74, 6) is -0.666. The van der Waals surface area contributed by atoms with Crippen LogP contribution in [0.5, 0.6) is 0 Å². The van der Waals surface area contributed by atoms with Gasteiger partial charge in [-0.25, -0.2) is 4.79 Å². The Balaban J connectivity index is 2.71. The topological polar surface area (TPSA) is 26.3 Å². The van der Waals surface area contributed by atoms with Gasteiger partial charge in [0.1, 0.15) is 0 Å². The fraction of sp³-hybridized carbons (Fsp3) is 0.133. The summed E-state index contributed by atoms with van der Waals surface area (Å²) in [6.07, 6.45) is -4.49. The molecule has 0 fully saturated rings. The zero-order valence-electron chi connectivity index (χ0n) is 10.9. The highest BCUT2D eigenvalue weighted by Gasteiger charge is 2.34. The van der Waals surface area contributed by atoms with Crippen molar-refractivity contribution in [2.75, 3.05) is 7.11 Å². The van der Waals surface area contributed by atoms with Crippen LogP contribution in [0.4, 0.5) is 13.2 Å². The lowest BCUT2D eigenvalue weighted by Gasteiger charge is -2.15. The lowest BCUT2D eigenvalue weighted by Crippen LogP contribution is -2.09. The van der Waals surface area contributed by atoms with Gasteiger partial charge in [-0.3, -0.25) is 0 Å². The monoisotopic (exact) mass is 406 g/mol. The maximum absolute atomic E-state index is 13.1. The highest BCUT2D eigenvalue weighted by molar-refractivity contribution is 14.1. The number of carbonyl (C=O) groups is 1. The quantitative estimate of drug-likeness (QED) is 0.531. The van der Waals surface area contributed by atoms with Gasteiger partial charge in [0.2, 0.25) is 0 Å². The molecule has 0 aromatic heterocycles. The second-order valence-corrected chi connectivity index (χ2v) is 5.47. The van der Waals surface area contributed by atoms with E-state index in [1.165, 1.54) is 37.4 Å². The van der Waals surface area contributed by atoms with Crippen LogP contribution in [0.15, 0.2) is 42.5 Å². The summed E-state index contributed by atoms with van der Waals surface area (Å²) in [7, 11) is 1.20. The summed E-state index contributed by atoms with van der Waals surface area (Å²) in [5, 5.41) is 0.